The van der Waals surface area contributed by atoms with Crippen LogP contribution in [0.1, 0.15) is 25.0 Å². The molecule has 0 heterocycles. The third-order valence-electron chi connectivity index (χ3n) is 1.85. The maximum absolute atomic E-state index is 9.38. The molecule has 0 radical (unpaired) electrons. The minimum absolute atomic E-state index is 0.139. The van der Waals surface area contributed by atoms with Gasteiger partial charge in [-0.25, -0.2) is 0 Å². The molecule has 1 aromatic rings. The molecule has 4 N–H and O–H groups in total. The largest absolute Gasteiger partial charge is 0.508 e. The van der Waals surface area contributed by atoms with Crippen LogP contribution in [0.2, 0.25) is 0 Å². The Morgan fingerprint density at radius 1 is 1.23 bits per heavy atom. The van der Waals surface area contributed by atoms with E-state index < -0.39 is 11.9 Å². The van der Waals surface area contributed by atoms with Crippen molar-refractivity contribution < 1.29 is 20.4 Å². The van der Waals surface area contributed by atoms with Crippen LogP contribution >= 0.6 is 0 Å². The number of rotatable bonds is 2. The summed E-state index contributed by atoms with van der Waals surface area (Å²) in [5.41, 5.74) is 0.139. The summed E-state index contributed by atoms with van der Waals surface area (Å²) in [4.78, 5) is 0. The zero-order valence-electron chi connectivity index (χ0n) is 7.23. The minimum Gasteiger partial charge on any atom is -0.508 e. The van der Waals surface area contributed by atoms with Crippen LogP contribution in [0.4, 0.5) is 0 Å². The summed E-state index contributed by atoms with van der Waals surface area (Å²) in [7, 11) is 0. The molecule has 0 aliphatic heterocycles. The van der Waals surface area contributed by atoms with Crippen molar-refractivity contribution in [1.29, 1.82) is 0 Å². The zero-order valence-corrected chi connectivity index (χ0v) is 7.23. The fraction of sp³-hybridized carbons (Fsp3) is 0.333. The molecule has 4 heteroatoms. The lowest BCUT2D eigenvalue weighted by Crippen LogP contribution is -1.95. The van der Waals surface area contributed by atoms with E-state index in [1.165, 1.54) is 6.07 Å². The van der Waals surface area contributed by atoms with Crippen LogP contribution in [0.5, 0.6) is 17.2 Å². The summed E-state index contributed by atoms with van der Waals surface area (Å²) in [6.45, 7) is 1.73. The highest BCUT2D eigenvalue weighted by Gasteiger charge is 2.14. The predicted octanol–water partition coefficient (Wildman–Crippen LogP) is 1.25. The third kappa shape index (κ3) is 1.84. The van der Waals surface area contributed by atoms with Gasteiger partial charge in [-0.1, -0.05) is 6.92 Å². The molecular formula is C9H12O4. The van der Waals surface area contributed by atoms with Crippen LogP contribution < -0.4 is 0 Å². The molecular weight excluding hydrogens is 172 g/mol. The number of aliphatic hydroxyl groups excluding tert-OH is 1. The van der Waals surface area contributed by atoms with E-state index in [2.05, 4.69) is 0 Å². The van der Waals surface area contributed by atoms with Crippen LogP contribution in [-0.4, -0.2) is 20.4 Å². The first-order chi connectivity index (χ1) is 6.06. The second-order valence-corrected chi connectivity index (χ2v) is 2.83. The van der Waals surface area contributed by atoms with Gasteiger partial charge in [-0.15, -0.1) is 0 Å². The summed E-state index contributed by atoms with van der Waals surface area (Å²) in [5.74, 6) is -0.993. The van der Waals surface area contributed by atoms with Gasteiger partial charge in [0.15, 0.2) is 11.5 Å². The van der Waals surface area contributed by atoms with Gasteiger partial charge >= 0.3 is 0 Å². The number of phenolic OH excluding ortho intramolecular Hbond substituents is 3. The summed E-state index contributed by atoms with van der Waals surface area (Å²) in [6, 6.07) is 2.24. The Hall–Kier alpha value is -1.42. The smallest absolute Gasteiger partial charge is 0.163 e. The Morgan fingerprint density at radius 2 is 1.85 bits per heavy atom. The molecule has 1 aromatic carbocycles. The molecule has 1 rings (SSSR count). The Balaban J connectivity index is 3.20. The van der Waals surface area contributed by atoms with Crippen LogP contribution in [0.15, 0.2) is 12.1 Å². The predicted molar refractivity (Wildman–Crippen MR) is 46.7 cm³/mol. The average Bonchev–Trinajstić information content (AvgIpc) is 2.10. The lowest BCUT2D eigenvalue weighted by atomic mass is 10.1. The SMILES string of the molecule is CCC(O)c1cc(O)cc(O)c1O. The average molecular weight is 184 g/mol. The van der Waals surface area contributed by atoms with E-state index in [-0.39, 0.29) is 17.1 Å². The number of phenols is 3. The van der Waals surface area contributed by atoms with Crippen molar-refractivity contribution in [3.63, 3.8) is 0 Å². The Bertz CT molecular complexity index is 309. The minimum atomic E-state index is -0.877. The first-order valence-corrected chi connectivity index (χ1v) is 3.99. The highest BCUT2D eigenvalue weighted by atomic mass is 16.3. The van der Waals surface area contributed by atoms with Gasteiger partial charge in [-0.2, -0.15) is 0 Å². The molecule has 1 atom stereocenters. The summed E-state index contributed by atoms with van der Waals surface area (Å²) < 4.78 is 0. The first-order valence-electron chi connectivity index (χ1n) is 3.99. The molecule has 0 spiro atoms. The zero-order chi connectivity index (χ0) is 10.0. The lowest BCUT2D eigenvalue weighted by molar-refractivity contribution is 0.168. The van der Waals surface area contributed by atoms with Crippen molar-refractivity contribution in [2.45, 2.75) is 19.4 Å². The van der Waals surface area contributed by atoms with E-state index in [9.17, 15) is 10.2 Å². The van der Waals surface area contributed by atoms with Crippen LogP contribution in [0.3, 0.4) is 0 Å². The first kappa shape index (κ1) is 9.67. The quantitative estimate of drug-likeness (QED) is 0.412. The number of hydrogen-bond acceptors (Lipinski definition) is 4. The van der Waals surface area contributed by atoms with Crippen molar-refractivity contribution >= 4 is 0 Å². The molecule has 4 nitrogen and oxygen atoms in total. The molecule has 0 aliphatic rings. The molecule has 0 saturated carbocycles. The molecule has 72 valence electrons. The van der Waals surface area contributed by atoms with Gasteiger partial charge in [0, 0.05) is 11.6 Å². The van der Waals surface area contributed by atoms with Crippen molar-refractivity contribution in [3.8, 4) is 17.2 Å². The number of aliphatic hydroxyl groups is 1. The molecule has 0 amide bonds. The van der Waals surface area contributed by atoms with E-state index in [1.807, 2.05) is 0 Å². The van der Waals surface area contributed by atoms with Gasteiger partial charge in [0.25, 0.3) is 0 Å². The van der Waals surface area contributed by atoms with Gasteiger partial charge in [-0.05, 0) is 12.5 Å². The van der Waals surface area contributed by atoms with E-state index in [4.69, 9.17) is 10.2 Å². The standard InChI is InChI=1S/C9H12O4/c1-2-7(11)6-3-5(10)4-8(12)9(6)13/h3-4,7,10-13H,2H2,1H3. The molecule has 0 aromatic heterocycles. The second kappa shape index (κ2) is 3.53. The number of aromatic hydroxyl groups is 3. The highest BCUT2D eigenvalue weighted by molar-refractivity contribution is 5.50. The van der Waals surface area contributed by atoms with Crippen LogP contribution in [0.25, 0.3) is 0 Å². The molecule has 0 aliphatic carbocycles. The third-order valence-corrected chi connectivity index (χ3v) is 1.85. The van der Waals surface area contributed by atoms with Gasteiger partial charge in [-0.3, -0.25) is 0 Å². The highest BCUT2D eigenvalue weighted by Crippen LogP contribution is 2.37. The fourth-order valence-electron chi connectivity index (χ4n) is 1.10. The summed E-state index contributed by atoms with van der Waals surface area (Å²) >= 11 is 0. The normalized spacial score (nSPS) is 12.8. The Morgan fingerprint density at radius 3 is 2.38 bits per heavy atom. The number of benzene rings is 1. The Labute approximate surface area is 75.7 Å². The van der Waals surface area contributed by atoms with E-state index >= 15 is 0 Å². The van der Waals surface area contributed by atoms with Gasteiger partial charge < -0.3 is 20.4 Å². The molecule has 1 unspecified atom stereocenters. The van der Waals surface area contributed by atoms with Crippen LogP contribution in [0, 0.1) is 0 Å². The van der Waals surface area contributed by atoms with Crippen molar-refractivity contribution in [1.82, 2.24) is 0 Å². The molecule has 0 fully saturated rings. The fourth-order valence-corrected chi connectivity index (χ4v) is 1.10. The van der Waals surface area contributed by atoms with Crippen molar-refractivity contribution in [2.75, 3.05) is 0 Å². The summed E-state index contributed by atoms with van der Waals surface area (Å²) in [6.07, 6.45) is -0.478. The van der Waals surface area contributed by atoms with Crippen LogP contribution in [-0.2, 0) is 0 Å². The van der Waals surface area contributed by atoms with E-state index in [0.29, 0.717) is 6.42 Å². The Kier molecular flexibility index (Phi) is 2.63. The molecule has 0 bridgehead atoms. The molecule has 0 saturated heterocycles. The number of hydrogen-bond donors (Lipinski definition) is 4. The van der Waals surface area contributed by atoms with Crippen molar-refractivity contribution in [2.24, 2.45) is 0 Å². The maximum Gasteiger partial charge on any atom is 0.163 e. The topological polar surface area (TPSA) is 80.9 Å². The van der Waals surface area contributed by atoms with E-state index in [0.717, 1.165) is 6.07 Å². The van der Waals surface area contributed by atoms with Crippen molar-refractivity contribution in [3.05, 3.63) is 17.7 Å². The lowest BCUT2D eigenvalue weighted by Gasteiger charge is -2.11. The van der Waals surface area contributed by atoms with Gasteiger partial charge in [0.05, 0.1) is 6.10 Å². The summed E-state index contributed by atoms with van der Waals surface area (Å²) in [5, 5.41) is 36.9. The van der Waals surface area contributed by atoms with Gasteiger partial charge in [0.1, 0.15) is 5.75 Å². The monoisotopic (exact) mass is 184 g/mol. The van der Waals surface area contributed by atoms with Gasteiger partial charge in [0.2, 0.25) is 0 Å². The molecule has 13 heavy (non-hydrogen) atoms. The second-order valence-electron chi connectivity index (χ2n) is 2.83. The maximum atomic E-state index is 9.38. The van der Waals surface area contributed by atoms with E-state index in [1.54, 1.807) is 6.92 Å².